The summed E-state index contributed by atoms with van der Waals surface area (Å²) < 4.78 is 10.6. The Morgan fingerprint density at radius 3 is 2.33 bits per heavy atom. The summed E-state index contributed by atoms with van der Waals surface area (Å²) in [7, 11) is 2.82. The third-order valence-electron chi connectivity index (χ3n) is 4.24. The van der Waals surface area contributed by atoms with Crippen molar-refractivity contribution in [1.82, 2.24) is 0 Å². The smallest absolute Gasteiger partial charge is 0.292 e. The first-order valence-electron chi connectivity index (χ1n) is 5.85. The summed E-state index contributed by atoms with van der Waals surface area (Å²) >= 11 is 0. The summed E-state index contributed by atoms with van der Waals surface area (Å²) in [4.78, 5) is 4.11. The van der Waals surface area contributed by atoms with Crippen LogP contribution >= 0.6 is 0 Å². The molecule has 1 saturated carbocycles. The summed E-state index contributed by atoms with van der Waals surface area (Å²) in [6, 6.07) is 4.37. The van der Waals surface area contributed by atoms with Crippen LogP contribution in [0.3, 0.4) is 0 Å². The molecule has 0 amide bonds. The van der Waals surface area contributed by atoms with E-state index in [2.05, 4.69) is 17.1 Å². The van der Waals surface area contributed by atoms with Gasteiger partial charge in [-0.3, -0.25) is 0 Å². The van der Waals surface area contributed by atoms with Crippen molar-refractivity contribution in [2.45, 2.75) is 25.7 Å². The van der Waals surface area contributed by atoms with Crippen molar-refractivity contribution in [1.29, 1.82) is 10.5 Å². The van der Waals surface area contributed by atoms with Crippen LogP contribution in [0.15, 0.2) is 4.99 Å². The van der Waals surface area contributed by atoms with Gasteiger partial charge in [-0.2, -0.15) is 10.5 Å². The van der Waals surface area contributed by atoms with Crippen LogP contribution in [-0.2, 0) is 9.47 Å². The molecule has 2 aliphatic rings. The highest BCUT2D eigenvalue weighted by Crippen LogP contribution is 2.78. The molecule has 1 aliphatic carbocycles. The average molecular weight is 248 g/mol. The first-order chi connectivity index (χ1) is 8.56. The molecule has 18 heavy (non-hydrogen) atoms. The van der Waals surface area contributed by atoms with E-state index in [-0.39, 0.29) is 11.8 Å². The highest BCUT2D eigenvalue weighted by atomic mass is 16.7. The maximum atomic E-state index is 9.59. The Kier molecular flexibility index (Phi) is 2.62. The monoisotopic (exact) mass is 248 g/mol. The zero-order chi connectivity index (χ0) is 13.6. The minimum Gasteiger partial charge on any atom is -0.386 e. The molecule has 6 heteroatoms. The summed E-state index contributed by atoms with van der Waals surface area (Å²) in [5.41, 5.74) is 3.70. The summed E-state index contributed by atoms with van der Waals surface area (Å²) in [6.07, 6.45) is 1.57. The summed E-state index contributed by atoms with van der Waals surface area (Å²) in [5.74, 6) is -1.50. The Morgan fingerprint density at radius 1 is 1.33 bits per heavy atom. The largest absolute Gasteiger partial charge is 0.386 e. The van der Waals surface area contributed by atoms with Gasteiger partial charge in [-0.25, -0.2) is 4.99 Å². The standard InChI is InChI=1S/C12H16N4O2/c1-4-5-8-10(6-13)9(15)16-12(17-2,18-3)11(8,10)7-14/h8H,4-5H2,1-3H3,(H2,15,16)/t8-,10-,11-/m1/s1. The third-order valence-corrected chi connectivity index (χ3v) is 4.24. The zero-order valence-electron chi connectivity index (χ0n) is 10.7. The molecular weight excluding hydrogens is 232 g/mol. The number of methoxy groups -OCH3 is 2. The molecule has 2 N–H and O–H groups in total. The molecule has 0 spiro atoms. The van der Waals surface area contributed by atoms with Gasteiger partial charge in [0.05, 0.1) is 12.1 Å². The second-order valence-corrected chi connectivity index (χ2v) is 4.67. The third kappa shape index (κ3) is 0.937. The van der Waals surface area contributed by atoms with Crippen molar-refractivity contribution in [2.75, 3.05) is 14.2 Å². The quantitative estimate of drug-likeness (QED) is 0.739. The van der Waals surface area contributed by atoms with E-state index in [1.54, 1.807) is 0 Å². The van der Waals surface area contributed by atoms with Crippen LogP contribution in [-0.4, -0.2) is 26.0 Å². The predicted molar refractivity (Wildman–Crippen MR) is 62.9 cm³/mol. The number of rotatable bonds is 4. The lowest BCUT2D eigenvalue weighted by Crippen LogP contribution is -2.41. The fourth-order valence-corrected chi connectivity index (χ4v) is 3.41. The molecule has 1 heterocycles. The molecule has 0 bridgehead atoms. The Hall–Kier alpha value is -1.63. The van der Waals surface area contributed by atoms with Crippen LogP contribution in [0, 0.1) is 39.4 Å². The van der Waals surface area contributed by atoms with E-state index in [0.717, 1.165) is 6.42 Å². The summed E-state index contributed by atoms with van der Waals surface area (Å²) in [6.45, 7) is 2.00. The van der Waals surface area contributed by atoms with Gasteiger partial charge < -0.3 is 15.2 Å². The van der Waals surface area contributed by atoms with E-state index in [1.807, 2.05) is 6.92 Å². The number of hydrogen-bond acceptors (Lipinski definition) is 6. The molecule has 0 aromatic rings. The van der Waals surface area contributed by atoms with E-state index < -0.39 is 16.7 Å². The van der Waals surface area contributed by atoms with Crippen LogP contribution in [0.1, 0.15) is 19.8 Å². The van der Waals surface area contributed by atoms with Crippen molar-refractivity contribution < 1.29 is 9.47 Å². The maximum absolute atomic E-state index is 9.59. The molecule has 0 unspecified atom stereocenters. The van der Waals surface area contributed by atoms with Gasteiger partial charge in [0.25, 0.3) is 5.91 Å². The number of nitrogens with two attached hydrogens (primary N) is 1. The number of nitriles is 2. The van der Waals surface area contributed by atoms with Crippen LogP contribution in [0.5, 0.6) is 0 Å². The molecule has 1 aliphatic heterocycles. The van der Waals surface area contributed by atoms with Crippen LogP contribution < -0.4 is 5.73 Å². The molecule has 2 rings (SSSR count). The fourth-order valence-electron chi connectivity index (χ4n) is 3.41. The SMILES string of the molecule is CCC[C@@H]1[C@]2(C#N)C(N)=NC(OC)(OC)[C@]12C#N. The van der Waals surface area contributed by atoms with Gasteiger partial charge in [0.1, 0.15) is 11.3 Å². The van der Waals surface area contributed by atoms with Crippen molar-refractivity contribution in [3.05, 3.63) is 0 Å². The van der Waals surface area contributed by atoms with Crippen LogP contribution in [0.4, 0.5) is 0 Å². The normalized spacial score (nSPS) is 39.4. The van der Waals surface area contributed by atoms with Gasteiger partial charge in [0, 0.05) is 20.1 Å². The van der Waals surface area contributed by atoms with Gasteiger partial charge in [0.2, 0.25) is 0 Å². The van der Waals surface area contributed by atoms with Gasteiger partial charge >= 0.3 is 0 Å². The van der Waals surface area contributed by atoms with Gasteiger partial charge in [-0.1, -0.05) is 13.3 Å². The highest BCUT2D eigenvalue weighted by Gasteiger charge is 2.92. The lowest BCUT2D eigenvalue weighted by atomic mass is 9.94. The number of nitrogens with zero attached hydrogens (tertiary/aromatic N) is 3. The molecule has 96 valence electrons. The molecular formula is C12H16N4O2. The number of ether oxygens (including phenoxy) is 2. The van der Waals surface area contributed by atoms with E-state index in [4.69, 9.17) is 15.2 Å². The minimum atomic E-state index is -1.46. The van der Waals surface area contributed by atoms with Crippen LogP contribution in [0.2, 0.25) is 0 Å². The Bertz CT molecular complexity index is 485. The first kappa shape index (κ1) is 12.8. The second-order valence-electron chi connectivity index (χ2n) is 4.67. The van der Waals surface area contributed by atoms with Crippen molar-refractivity contribution in [3.8, 4) is 12.1 Å². The van der Waals surface area contributed by atoms with Crippen LogP contribution in [0.25, 0.3) is 0 Å². The first-order valence-corrected chi connectivity index (χ1v) is 5.85. The topological polar surface area (TPSA) is 104 Å². The van der Waals surface area contributed by atoms with E-state index in [9.17, 15) is 10.5 Å². The number of fused-ring (bicyclic) bond motifs is 1. The maximum Gasteiger partial charge on any atom is 0.292 e. The zero-order valence-corrected chi connectivity index (χ0v) is 10.7. The lowest BCUT2D eigenvalue weighted by molar-refractivity contribution is -0.232. The van der Waals surface area contributed by atoms with Gasteiger partial charge in [-0.15, -0.1) is 0 Å². The van der Waals surface area contributed by atoms with E-state index >= 15 is 0 Å². The van der Waals surface area contributed by atoms with E-state index in [0.29, 0.717) is 6.42 Å². The van der Waals surface area contributed by atoms with Gasteiger partial charge in [0.15, 0.2) is 5.41 Å². The van der Waals surface area contributed by atoms with Crippen molar-refractivity contribution in [2.24, 2.45) is 27.5 Å². The Balaban J connectivity index is 2.61. The average Bonchev–Trinajstić information content (AvgIpc) is 2.92. The molecule has 0 saturated heterocycles. The number of amidine groups is 1. The molecule has 1 fully saturated rings. The Morgan fingerprint density at radius 2 is 1.94 bits per heavy atom. The second kappa shape index (κ2) is 3.68. The molecule has 6 nitrogen and oxygen atoms in total. The minimum absolute atomic E-state index is 0.147. The summed E-state index contributed by atoms with van der Waals surface area (Å²) in [5, 5.41) is 19.1. The van der Waals surface area contributed by atoms with E-state index in [1.165, 1.54) is 14.2 Å². The molecule has 0 aromatic carbocycles. The Labute approximate surface area is 106 Å². The predicted octanol–water partition coefficient (Wildman–Crippen LogP) is 0.754. The number of hydrogen-bond donors (Lipinski definition) is 1. The van der Waals surface area contributed by atoms with Crippen molar-refractivity contribution in [3.63, 3.8) is 0 Å². The van der Waals surface area contributed by atoms with Gasteiger partial charge in [-0.05, 0) is 6.42 Å². The number of aliphatic imine (C=N–C) groups is 1. The molecule has 3 atom stereocenters. The van der Waals surface area contributed by atoms with Crippen molar-refractivity contribution >= 4 is 5.84 Å². The highest BCUT2D eigenvalue weighted by molar-refractivity contribution is 5.98. The lowest BCUT2D eigenvalue weighted by Gasteiger charge is -2.29. The molecule has 0 radical (unpaired) electrons. The molecule has 0 aromatic heterocycles. The fraction of sp³-hybridized carbons (Fsp3) is 0.750.